The molecule has 1 N–H and O–H groups in total. The molecule has 1 aliphatic carbocycles. The molecule has 2 atom stereocenters. The number of carbonyl (C=O) groups is 4. The molecule has 8 heteroatoms. The van der Waals surface area contributed by atoms with Gasteiger partial charge in [0.2, 0.25) is 5.91 Å². The van der Waals surface area contributed by atoms with Crippen molar-refractivity contribution in [2.24, 2.45) is 5.92 Å². The van der Waals surface area contributed by atoms with Gasteiger partial charge in [-0.1, -0.05) is 31.4 Å². The third-order valence-electron chi connectivity index (χ3n) is 5.25. The summed E-state index contributed by atoms with van der Waals surface area (Å²) in [6, 6.07) is 3.98. The van der Waals surface area contributed by atoms with Crippen molar-refractivity contribution < 1.29 is 19.2 Å². The Kier molecular flexibility index (Phi) is 5.51. The Morgan fingerprint density at radius 3 is 2.56 bits per heavy atom. The number of nitrogens with one attached hydrogen (secondary N) is 1. The minimum atomic E-state index is -0.944. The molecule has 0 unspecified atom stereocenters. The smallest absolute Gasteiger partial charge is 0.324 e. The van der Waals surface area contributed by atoms with Crippen molar-refractivity contribution in [3.05, 3.63) is 28.8 Å². The summed E-state index contributed by atoms with van der Waals surface area (Å²) in [5, 5.41) is 3.19. The zero-order valence-corrected chi connectivity index (χ0v) is 16.1. The molecule has 2 aliphatic rings. The molecule has 144 valence electrons. The second-order valence-corrected chi connectivity index (χ2v) is 7.62. The van der Waals surface area contributed by atoms with Gasteiger partial charge in [-0.05, 0) is 49.4 Å². The summed E-state index contributed by atoms with van der Waals surface area (Å²) in [4.78, 5) is 51.5. The predicted molar refractivity (Wildman–Crippen MR) is 100 cm³/mol. The molecular formula is C19H22ClN3O4. The molecule has 1 aromatic rings. The summed E-state index contributed by atoms with van der Waals surface area (Å²) in [6.07, 6.45) is 3.56. The highest BCUT2D eigenvalue weighted by atomic mass is 35.5. The van der Waals surface area contributed by atoms with Crippen LogP contribution >= 0.6 is 11.6 Å². The lowest BCUT2D eigenvalue weighted by molar-refractivity contribution is -0.145. The number of carbonyl (C=O) groups excluding carboxylic acids is 4. The van der Waals surface area contributed by atoms with Crippen LogP contribution in [-0.4, -0.2) is 46.1 Å². The molecule has 0 aromatic heterocycles. The van der Waals surface area contributed by atoms with Crippen LogP contribution in [0.3, 0.4) is 0 Å². The maximum Gasteiger partial charge on any atom is 0.334 e. The standard InChI is InChI=1S/C19H22ClN3O4/c1-11-5-3-4-6-15(11)23-18(26)17(25)22(19(23)27)10-16(24)21-14-8-7-13(20)9-12(14)2/h7-9,11,15H,3-6,10H2,1-2H3,(H,21,24)/t11-,15-/m1/s1. The molecule has 3 rings (SSSR count). The van der Waals surface area contributed by atoms with E-state index in [1.54, 1.807) is 25.1 Å². The lowest BCUT2D eigenvalue weighted by atomic mass is 9.85. The fourth-order valence-electron chi connectivity index (χ4n) is 3.74. The minimum Gasteiger partial charge on any atom is -0.324 e. The van der Waals surface area contributed by atoms with E-state index in [1.807, 2.05) is 6.92 Å². The van der Waals surface area contributed by atoms with Gasteiger partial charge in [-0.3, -0.25) is 19.3 Å². The van der Waals surface area contributed by atoms with Crippen LogP contribution in [0.5, 0.6) is 0 Å². The van der Waals surface area contributed by atoms with Crippen LogP contribution in [0.15, 0.2) is 18.2 Å². The average Bonchev–Trinajstić information content (AvgIpc) is 2.82. The first-order valence-electron chi connectivity index (χ1n) is 9.04. The molecule has 0 bridgehead atoms. The van der Waals surface area contributed by atoms with E-state index < -0.39 is 30.3 Å². The first-order chi connectivity index (χ1) is 12.8. The van der Waals surface area contributed by atoms with Gasteiger partial charge in [0.25, 0.3) is 0 Å². The van der Waals surface area contributed by atoms with Crippen molar-refractivity contribution in [2.75, 3.05) is 11.9 Å². The number of urea groups is 1. The van der Waals surface area contributed by atoms with Crippen molar-refractivity contribution in [1.29, 1.82) is 0 Å². The zero-order valence-electron chi connectivity index (χ0n) is 15.3. The van der Waals surface area contributed by atoms with E-state index in [0.717, 1.165) is 34.6 Å². The SMILES string of the molecule is Cc1cc(Cl)ccc1NC(=O)CN1C(=O)C(=O)N([C@@H]2CCCC[C@H]2C)C1=O. The highest BCUT2D eigenvalue weighted by molar-refractivity contribution is 6.45. The van der Waals surface area contributed by atoms with Gasteiger partial charge in [-0.2, -0.15) is 0 Å². The van der Waals surface area contributed by atoms with E-state index in [1.165, 1.54) is 0 Å². The van der Waals surface area contributed by atoms with E-state index >= 15 is 0 Å². The molecule has 1 aliphatic heterocycles. The summed E-state index contributed by atoms with van der Waals surface area (Å²) in [6.45, 7) is 3.26. The summed E-state index contributed by atoms with van der Waals surface area (Å²) in [5.74, 6) is -2.19. The van der Waals surface area contributed by atoms with Gasteiger partial charge in [0.1, 0.15) is 6.54 Å². The normalized spacial score (nSPS) is 23.1. The maximum atomic E-state index is 12.7. The van der Waals surface area contributed by atoms with E-state index in [9.17, 15) is 19.2 Å². The van der Waals surface area contributed by atoms with E-state index in [-0.39, 0.29) is 12.0 Å². The number of rotatable bonds is 4. The van der Waals surface area contributed by atoms with Gasteiger partial charge in [0, 0.05) is 16.8 Å². The van der Waals surface area contributed by atoms with Crippen molar-refractivity contribution in [3.63, 3.8) is 0 Å². The number of halogens is 1. The van der Waals surface area contributed by atoms with Crippen LogP contribution in [0.1, 0.15) is 38.2 Å². The molecule has 1 saturated heterocycles. The summed E-state index contributed by atoms with van der Waals surface area (Å²) >= 11 is 5.89. The lowest BCUT2D eigenvalue weighted by Gasteiger charge is -2.34. The second-order valence-electron chi connectivity index (χ2n) is 7.19. The first-order valence-corrected chi connectivity index (χ1v) is 9.42. The Morgan fingerprint density at radius 1 is 1.19 bits per heavy atom. The molecule has 1 saturated carbocycles. The fraction of sp³-hybridized carbons (Fsp3) is 0.474. The molecule has 7 nitrogen and oxygen atoms in total. The first kappa shape index (κ1) is 19.4. The number of anilines is 1. The number of hydrogen-bond acceptors (Lipinski definition) is 4. The van der Waals surface area contributed by atoms with Gasteiger partial charge in [-0.15, -0.1) is 0 Å². The van der Waals surface area contributed by atoms with Gasteiger partial charge < -0.3 is 5.32 Å². The van der Waals surface area contributed by atoms with E-state index in [2.05, 4.69) is 5.32 Å². The number of imide groups is 2. The summed E-state index contributed by atoms with van der Waals surface area (Å²) in [7, 11) is 0. The Morgan fingerprint density at radius 2 is 1.89 bits per heavy atom. The van der Waals surface area contributed by atoms with Gasteiger partial charge in [0.05, 0.1) is 0 Å². The van der Waals surface area contributed by atoms with Crippen LogP contribution in [0, 0.1) is 12.8 Å². The third kappa shape index (κ3) is 3.83. The molecular weight excluding hydrogens is 370 g/mol. The van der Waals surface area contributed by atoms with Crippen molar-refractivity contribution in [2.45, 2.75) is 45.6 Å². The Labute approximate surface area is 162 Å². The van der Waals surface area contributed by atoms with Crippen molar-refractivity contribution >= 4 is 41.0 Å². The van der Waals surface area contributed by atoms with Gasteiger partial charge in [-0.25, -0.2) is 9.69 Å². The average molecular weight is 392 g/mol. The van der Waals surface area contributed by atoms with Gasteiger partial charge in [0.15, 0.2) is 0 Å². The van der Waals surface area contributed by atoms with Crippen LogP contribution in [0.2, 0.25) is 5.02 Å². The van der Waals surface area contributed by atoms with Crippen LogP contribution in [0.25, 0.3) is 0 Å². The Balaban J connectivity index is 1.71. The zero-order chi connectivity index (χ0) is 19.7. The predicted octanol–water partition coefficient (Wildman–Crippen LogP) is 2.96. The van der Waals surface area contributed by atoms with Gasteiger partial charge >= 0.3 is 17.8 Å². The maximum absolute atomic E-state index is 12.7. The molecule has 0 radical (unpaired) electrons. The van der Waals surface area contributed by atoms with E-state index in [0.29, 0.717) is 17.1 Å². The minimum absolute atomic E-state index is 0.143. The highest BCUT2D eigenvalue weighted by Gasteiger charge is 2.49. The quantitative estimate of drug-likeness (QED) is 0.631. The monoisotopic (exact) mass is 391 g/mol. The number of aryl methyl sites for hydroxylation is 1. The van der Waals surface area contributed by atoms with Crippen LogP contribution < -0.4 is 5.32 Å². The largest absolute Gasteiger partial charge is 0.334 e. The molecule has 1 heterocycles. The highest BCUT2D eigenvalue weighted by Crippen LogP contribution is 2.31. The molecule has 2 fully saturated rings. The molecule has 27 heavy (non-hydrogen) atoms. The number of amides is 5. The number of nitrogens with zero attached hydrogens (tertiary/aromatic N) is 2. The topological polar surface area (TPSA) is 86.8 Å². The lowest BCUT2D eigenvalue weighted by Crippen LogP contribution is -2.46. The van der Waals surface area contributed by atoms with E-state index in [4.69, 9.17) is 11.6 Å². The summed E-state index contributed by atoms with van der Waals surface area (Å²) in [5.41, 5.74) is 1.29. The molecule has 0 spiro atoms. The van der Waals surface area contributed by atoms with Crippen molar-refractivity contribution in [3.8, 4) is 0 Å². The summed E-state index contributed by atoms with van der Waals surface area (Å²) < 4.78 is 0. The second kappa shape index (κ2) is 7.68. The van der Waals surface area contributed by atoms with Crippen LogP contribution in [0.4, 0.5) is 10.5 Å². The Bertz CT molecular complexity index is 810. The fourth-order valence-corrected chi connectivity index (χ4v) is 3.96. The molecule has 1 aromatic carbocycles. The van der Waals surface area contributed by atoms with Crippen molar-refractivity contribution in [1.82, 2.24) is 9.80 Å². The number of benzene rings is 1. The number of hydrogen-bond donors (Lipinski definition) is 1. The molecule has 5 amide bonds. The van der Waals surface area contributed by atoms with Crippen LogP contribution in [-0.2, 0) is 14.4 Å². The third-order valence-corrected chi connectivity index (χ3v) is 5.48. The Hall–Kier alpha value is -2.41.